The van der Waals surface area contributed by atoms with Crippen LogP contribution in [0.15, 0.2) is 29.4 Å². The minimum atomic E-state index is -3.92. The van der Waals surface area contributed by atoms with Crippen LogP contribution in [0.4, 0.5) is 5.95 Å². The second-order valence-corrected chi connectivity index (χ2v) is 6.60. The number of nitrogens with zero attached hydrogens (tertiary/aromatic N) is 3. The van der Waals surface area contributed by atoms with Crippen LogP contribution in [-0.4, -0.2) is 34.3 Å². The summed E-state index contributed by atoms with van der Waals surface area (Å²) in [4.78, 5) is 14.6. The molecule has 0 aliphatic heterocycles. The minimum absolute atomic E-state index is 0.0421. The molecule has 0 unspecified atom stereocenters. The molecule has 0 spiro atoms. The number of carbonyl (C=O) groups is 1. The summed E-state index contributed by atoms with van der Waals surface area (Å²) in [6, 6.07) is 3.85. The molecular formula is C10H9IN4O4S. The number of rotatable bonds is 4. The van der Waals surface area contributed by atoms with Gasteiger partial charge in [-0.1, -0.05) is 0 Å². The Morgan fingerprint density at radius 3 is 2.70 bits per heavy atom. The lowest BCUT2D eigenvalue weighted by Crippen LogP contribution is -2.17. The number of sulfonamides is 1. The Morgan fingerprint density at radius 1 is 1.45 bits per heavy atom. The molecule has 0 radical (unpaired) electrons. The SMILES string of the molecule is Cn1ncnc1NS(=O)(=O)c1ccc(I)c(C(=O)O)c1. The Labute approximate surface area is 128 Å². The maximum Gasteiger partial charge on any atom is 0.336 e. The first-order valence-electron chi connectivity index (χ1n) is 5.21. The molecule has 2 rings (SSSR count). The zero-order valence-corrected chi connectivity index (χ0v) is 13.1. The number of aromatic nitrogens is 3. The first-order valence-corrected chi connectivity index (χ1v) is 7.77. The largest absolute Gasteiger partial charge is 0.478 e. The summed E-state index contributed by atoms with van der Waals surface area (Å²) in [5.41, 5.74) is -0.0774. The fourth-order valence-electron chi connectivity index (χ4n) is 1.40. The van der Waals surface area contributed by atoms with Gasteiger partial charge in [-0.15, -0.1) is 0 Å². The van der Waals surface area contributed by atoms with E-state index in [1.807, 2.05) is 22.6 Å². The highest BCUT2D eigenvalue weighted by atomic mass is 127. The number of halogens is 1. The molecule has 0 saturated heterocycles. The van der Waals surface area contributed by atoms with Gasteiger partial charge in [-0.3, -0.25) is 0 Å². The first-order chi connectivity index (χ1) is 9.31. The molecule has 10 heteroatoms. The zero-order chi connectivity index (χ0) is 14.9. The standard InChI is InChI=1S/C10H9IN4O4S/c1-15-10(12-5-13-15)14-20(18,19)6-2-3-8(11)7(4-6)9(16)17/h2-5H,1H3,(H,16,17)(H,12,13,14). The van der Waals surface area contributed by atoms with Crippen molar-refractivity contribution in [3.8, 4) is 0 Å². The van der Waals surface area contributed by atoms with E-state index < -0.39 is 16.0 Å². The van der Waals surface area contributed by atoms with Crippen LogP contribution in [0.3, 0.4) is 0 Å². The van der Waals surface area contributed by atoms with Crippen LogP contribution in [0.5, 0.6) is 0 Å². The van der Waals surface area contributed by atoms with E-state index in [0.29, 0.717) is 3.57 Å². The molecule has 8 nitrogen and oxygen atoms in total. The van der Waals surface area contributed by atoms with Gasteiger partial charge in [0.05, 0.1) is 10.5 Å². The molecule has 0 fully saturated rings. The third-order valence-electron chi connectivity index (χ3n) is 2.42. The molecule has 1 aromatic carbocycles. The van der Waals surface area contributed by atoms with Crippen molar-refractivity contribution >= 4 is 44.5 Å². The Hall–Kier alpha value is -1.69. The van der Waals surface area contributed by atoms with E-state index in [9.17, 15) is 13.2 Å². The topological polar surface area (TPSA) is 114 Å². The summed E-state index contributed by atoms with van der Waals surface area (Å²) in [6.45, 7) is 0. The highest BCUT2D eigenvalue weighted by Crippen LogP contribution is 2.19. The van der Waals surface area contributed by atoms with Crippen molar-refractivity contribution in [1.29, 1.82) is 0 Å². The summed E-state index contributed by atoms with van der Waals surface area (Å²) in [5.74, 6) is -1.15. The van der Waals surface area contributed by atoms with Crippen molar-refractivity contribution < 1.29 is 18.3 Å². The van der Waals surface area contributed by atoms with E-state index in [1.165, 1.54) is 30.2 Å². The van der Waals surface area contributed by atoms with Crippen molar-refractivity contribution in [3.05, 3.63) is 33.7 Å². The smallest absolute Gasteiger partial charge is 0.336 e. The summed E-state index contributed by atoms with van der Waals surface area (Å²) in [6.07, 6.45) is 1.20. The fourth-order valence-corrected chi connectivity index (χ4v) is 3.03. The molecule has 1 aromatic heterocycles. The molecule has 0 atom stereocenters. The van der Waals surface area contributed by atoms with Gasteiger partial charge in [0.1, 0.15) is 6.33 Å². The van der Waals surface area contributed by atoms with E-state index in [1.54, 1.807) is 0 Å². The van der Waals surface area contributed by atoms with Crippen molar-refractivity contribution in [3.63, 3.8) is 0 Å². The first kappa shape index (κ1) is 14.7. The van der Waals surface area contributed by atoms with Gasteiger partial charge in [-0.05, 0) is 40.8 Å². The summed E-state index contributed by atoms with van der Waals surface area (Å²) in [7, 11) is -2.39. The Balaban J connectivity index is 2.42. The average Bonchev–Trinajstić information content (AvgIpc) is 2.74. The van der Waals surface area contributed by atoms with Gasteiger partial charge in [0, 0.05) is 10.6 Å². The number of aryl methyl sites for hydroxylation is 1. The van der Waals surface area contributed by atoms with Crippen molar-refractivity contribution in [2.45, 2.75) is 4.90 Å². The molecule has 0 aliphatic carbocycles. The molecule has 20 heavy (non-hydrogen) atoms. The van der Waals surface area contributed by atoms with Gasteiger partial charge >= 0.3 is 5.97 Å². The van der Waals surface area contributed by atoms with Crippen molar-refractivity contribution in [2.24, 2.45) is 7.05 Å². The van der Waals surface area contributed by atoms with Crippen molar-refractivity contribution in [2.75, 3.05) is 4.72 Å². The highest BCUT2D eigenvalue weighted by Gasteiger charge is 2.19. The monoisotopic (exact) mass is 408 g/mol. The maximum atomic E-state index is 12.2. The van der Waals surface area contributed by atoms with Crippen LogP contribution in [0.25, 0.3) is 0 Å². The summed E-state index contributed by atoms with van der Waals surface area (Å²) in [5, 5.41) is 12.7. The molecule has 2 aromatic rings. The number of aromatic carboxylic acids is 1. The van der Waals surface area contributed by atoms with Crippen LogP contribution >= 0.6 is 22.6 Å². The Kier molecular flexibility index (Phi) is 3.94. The normalized spacial score (nSPS) is 11.3. The van der Waals surface area contributed by atoms with E-state index >= 15 is 0 Å². The maximum absolute atomic E-state index is 12.2. The van der Waals surface area contributed by atoms with E-state index in [4.69, 9.17) is 5.11 Å². The number of anilines is 1. The third kappa shape index (κ3) is 2.90. The molecule has 0 aliphatic rings. The molecule has 2 N–H and O–H groups in total. The van der Waals surface area contributed by atoms with Gasteiger partial charge in [-0.25, -0.2) is 22.6 Å². The number of nitrogens with one attached hydrogen (secondary N) is 1. The third-order valence-corrected chi connectivity index (χ3v) is 4.68. The average molecular weight is 408 g/mol. The molecule has 106 valence electrons. The van der Waals surface area contributed by atoms with Crippen LogP contribution in [0.2, 0.25) is 0 Å². The lowest BCUT2D eigenvalue weighted by atomic mass is 10.2. The second kappa shape index (κ2) is 5.36. The Morgan fingerprint density at radius 2 is 2.15 bits per heavy atom. The highest BCUT2D eigenvalue weighted by molar-refractivity contribution is 14.1. The van der Waals surface area contributed by atoms with Crippen LogP contribution in [0.1, 0.15) is 10.4 Å². The van der Waals surface area contributed by atoms with E-state index in [0.717, 1.165) is 6.07 Å². The predicted octanol–water partition coefficient (Wildman–Crippen LogP) is 0.919. The van der Waals surface area contributed by atoms with Crippen molar-refractivity contribution in [1.82, 2.24) is 14.8 Å². The minimum Gasteiger partial charge on any atom is -0.478 e. The van der Waals surface area contributed by atoms with Crippen LogP contribution in [0, 0.1) is 3.57 Å². The van der Waals surface area contributed by atoms with Gasteiger partial charge in [0.25, 0.3) is 10.0 Å². The number of carboxylic acids is 1. The summed E-state index contributed by atoms with van der Waals surface area (Å²) < 4.78 is 28.2. The Bertz CT molecular complexity index is 771. The summed E-state index contributed by atoms with van der Waals surface area (Å²) >= 11 is 1.83. The number of carboxylic acid groups (broad SMARTS) is 1. The second-order valence-electron chi connectivity index (χ2n) is 3.76. The quantitative estimate of drug-likeness (QED) is 0.728. The number of hydrogen-bond acceptors (Lipinski definition) is 5. The fraction of sp³-hybridized carbons (Fsp3) is 0.100. The molecule has 0 bridgehead atoms. The predicted molar refractivity (Wildman–Crippen MR) is 77.9 cm³/mol. The molecule has 0 amide bonds. The molecule has 0 saturated carbocycles. The molecular weight excluding hydrogens is 399 g/mol. The van der Waals surface area contributed by atoms with Gasteiger partial charge in [0.2, 0.25) is 5.95 Å². The number of hydrogen-bond donors (Lipinski definition) is 2. The van der Waals surface area contributed by atoms with Crippen LogP contribution < -0.4 is 4.72 Å². The molecule has 1 heterocycles. The lowest BCUT2D eigenvalue weighted by molar-refractivity contribution is 0.0695. The number of benzene rings is 1. The van der Waals surface area contributed by atoms with E-state index in [-0.39, 0.29) is 16.4 Å². The lowest BCUT2D eigenvalue weighted by Gasteiger charge is -2.08. The van der Waals surface area contributed by atoms with E-state index in [2.05, 4.69) is 14.8 Å². The van der Waals surface area contributed by atoms with Gasteiger partial charge in [-0.2, -0.15) is 10.1 Å². The van der Waals surface area contributed by atoms with Gasteiger partial charge in [0.15, 0.2) is 0 Å². The van der Waals surface area contributed by atoms with Crippen LogP contribution in [-0.2, 0) is 17.1 Å². The zero-order valence-electron chi connectivity index (χ0n) is 10.1. The van der Waals surface area contributed by atoms with Gasteiger partial charge < -0.3 is 5.11 Å².